The number of aromatic hydroxyl groups is 1. The topological polar surface area (TPSA) is 67.6 Å². The lowest BCUT2D eigenvalue weighted by molar-refractivity contribution is -0.137. The van der Waals surface area contributed by atoms with Crippen molar-refractivity contribution in [1.82, 2.24) is 9.80 Å². The third kappa shape index (κ3) is 2.65. The van der Waals surface area contributed by atoms with Gasteiger partial charge in [-0.1, -0.05) is 6.07 Å². The van der Waals surface area contributed by atoms with Gasteiger partial charge in [-0.2, -0.15) is 5.26 Å². The predicted molar refractivity (Wildman–Crippen MR) is 89.1 cm³/mol. The second-order valence-electron chi connectivity index (χ2n) is 7.42. The highest BCUT2D eigenvalue weighted by atomic mass is 16.3. The Balaban J connectivity index is 1.47. The van der Waals surface area contributed by atoms with Crippen LogP contribution in [0.25, 0.3) is 0 Å². The molecule has 1 aliphatic carbocycles. The molecule has 2 bridgehead atoms. The Kier molecular flexibility index (Phi) is 3.93. The molecular formula is C19H23N3O2. The quantitative estimate of drug-likeness (QED) is 0.925. The Morgan fingerprint density at radius 2 is 2.21 bits per heavy atom. The Morgan fingerprint density at radius 1 is 1.33 bits per heavy atom. The van der Waals surface area contributed by atoms with Crippen LogP contribution in [0.3, 0.4) is 0 Å². The number of hydrogen-bond donors (Lipinski definition) is 1. The minimum atomic E-state index is -0.0244. The second kappa shape index (κ2) is 6.10. The van der Waals surface area contributed by atoms with Gasteiger partial charge in [0.15, 0.2) is 0 Å². The van der Waals surface area contributed by atoms with Crippen LogP contribution in [0.2, 0.25) is 0 Å². The molecule has 1 N–H and O–H groups in total. The fourth-order valence-electron chi connectivity index (χ4n) is 4.69. The Bertz CT molecular complexity index is 696. The number of carbonyl (C=O) groups excluding carboxylic acids is 1. The van der Waals surface area contributed by atoms with Crippen LogP contribution in [0.15, 0.2) is 18.2 Å². The van der Waals surface area contributed by atoms with Crippen molar-refractivity contribution in [2.24, 2.45) is 5.92 Å². The number of nitrogens with zero attached hydrogens (tertiary/aromatic N) is 3. The zero-order chi connectivity index (χ0) is 16.7. The molecule has 3 aliphatic rings. The number of likely N-dealkylation sites (tertiary alicyclic amines) is 2. The molecule has 5 heteroatoms. The molecule has 4 rings (SSSR count). The van der Waals surface area contributed by atoms with Gasteiger partial charge in [0.25, 0.3) is 0 Å². The van der Waals surface area contributed by atoms with Crippen molar-refractivity contribution in [2.45, 2.75) is 50.7 Å². The standard InChI is InChI=1S/C19H23N3O2/c20-10-15-8-13(4-6-18(15)23)11-21-7-1-2-17(21)19(24)22-12-14-3-5-16(22)9-14/h4,6,8,14,16-17,23H,1-3,5,7,9,11-12H2/t14?,16?,17-/m1/s1. The number of fused-ring (bicyclic) bond motifs is 2. The molecule has 0 spiro atoms. The van der Waals surface area contributed by atoms with Crippen LogP contribution in [-0.2, 0) is 11.3 Å². The van der Waals surface area contributed by atoms with E-state index in [9.17, 15) is 9.90 Å². The average molecular weight is 325 g/mol. The maximum Gasteiger partial charge on any atom is 0.240 e. The van der Waals surface area contributed by atoms with Crippen LogP contribution in [0.5, 0.6) is 5.75 Å². The zero-order valence-corrected chi connectivity index (χ0v) is 13.8. The van der Waals surface area contributed by atoms with Gasteiger partial charge in [0.1, 0.15) is 11.8 Å². The lowest BCUT2D eigenvalue weighted by Crippen LogP contribution is -2.48. The van der Waals surface area contributed by atoms with Crippen LogP contribution in [0.1, 0.15) is 43.2 Å². The highest BCUT2D eigenvalue weighted by Crippen LogP contribution is 2.38. The maximum absolute atomic E-state index is 13.0. The van der Waals surface area contributed by atoms with Gasteiger partial charge in [0.2, 0.25) is 5.91 Å². The molecule has 126 valence electrons. The number of amides is 1. The molecule has 1 aromatic rings. The summed E-state index contributed by atoms with van der Waals surface area (Å²) >= 11 is 0. The van der Waals surface area contributed by atoms with E-state index in [0.29, 0.717) is 24.1 Å². The maximum atomic E-state index is 13.0. The van der Waals surface area contributed by atoms with Gasteiger partial charge in [-0.25, -0.2) is 0 Å². The number of hydrogen-bond acceptors (Lipinski definition) is 4. The first-order valence-corrected chi connectivity index (χ1v) is 8.92. The molecule has 24 heavy (non-hydrogen) atoms. The van der Waals surface area contributed by atoms with E-state index in [1.807, 2.05) is 12.1 Å². The van der Waals surface area contributed by atoms with Gasteiger partial charge in [0.05, 0.1) is 11.6 Å². The first-order chi connectivity index (χ1) is 11.7. The first-order valence-electron chi connectivity index (χ1n) is 8.92. The van der Waals surface area contributed by atoms with Crippen molar-refractivity contribution >= 4 is 5.91 Å². The van der Waals surface area contributed by atoms with Crippen LogP contribution in [0, 0.1) is 17.2 Å². The summed E-state index contributed by atoms with van der Waals surface area (Å²) in [6, 6.07) is 7.61. The molecule has 1 saturated carbocycles. The van der Waals surface area contributed by atoms with E-state index in [4.69, 9.17) is 5.26 Å². The summed E-state index contributed by atoms with van der Waals surface area (Å²) in [6.45, 7) is 2.53. The van der Waals surface area contributed by atoms with Gasteiger partial charge in [0, 0.05) is 19.1 Å². The monoisotopic (exact) mass is 325 g/mol. The number of carbonyl (C=O) groups is 1. The van der Waals surface area contributed by atoms with Gasteiger partial charge < -0.3 is 10.0 Å². The summed E-state index contributed by atoms with van der Waals surface area (Å²) in [5.74, 6) is 1.05. The molecule has 5 nitrogen and oxygen atoms in total. The van der Waals surface area contributed by atoms with Gasteiger partial charge in [-0.3, -0.25) is 9.69 Å². The van der Waals surface area contributed by atoms with E-state index in [2.05, 4.69) is 9.80 Å². The highest BCUT2D eigenvalue weighted by molar-refractivity contribution is 5.83. The fourth-order valence-corrected chi connectivity index (χ4v) is 4.69. The number of nitriles is 1. The van der Waals surface area contributed by atoms with E-state index < -0.39 is 0 Å². The van der Waals surface area contributed by atoms with Crippen LogP contribution < -0.4 is 0 Å². The molecule has 2 unspecified atom stereocenters. The van der Waals surface area contributed by atoms with E-state index in [1.54, 1.807) is 12.1 Å². The molecule has 2 saturated heterocycles. The molecule has 3 fully saturated rings. The summed E-state index contributed by atoms with van der Waals surface area (Å²) in [5.41, 5.74) is 1.28. The van der Waals surface area contributed by atoms with Crippen LogP contribution >= 0.6 is 0 Å². The molecule has 2 heterocycles. The minimum Gasteiger partial charge on any atom is -0.507 e. The van der Waals surface area contributed by atoms with Crippen molar-refractivity contribution in [1.29, 1.82) is 5.26 Å². The van der Waals surface area contributed by atoms with E-state index in [-0.39, 0.29) is 11.8 Å². The third-order valence-electron chi connectivity index (χ3n) is 5.91. The summed E-state index contributed by atoms with van der Waals surface area (Å²) in [4.78, 5) is 17.4. The molecule has 0 aromatic heterocycles. The normalized spacial score (nSPS) is 29.1. The Hall–Kier alpha value is -2.06. The lowest BCUT2D eigenvalue weighted by Gasteiger charge is -2.33. The summed E-state index contributed by atoms with van der Waals surface area (Å²) < 4.78 is 0. The van der Waals surface area contributed by atoms with Gasteiger partial charge in [-0.15, -0.1) is 0 Å². The Labute approximate surface area is 142 Å². The zero-order valence-electron chi connectivity index (χ0n) is 13.8. The van der Waals surface area contributed by atoms with Crippen LogP contribution in [0.4, 0.5) is 0 Å². The smallest absolute Gasteiger partial charge is 0.240 e. The van der Waals surface area contributed by atoms with Crippen molar-refractivity contribution in [3.63, 3.8) is 0 Å². The predicted octanol–water partition coefficient (Wildman–Crippen LogP) is 2.24. The minimum absolute atomic E-state index is 0.0170. The molecular weight excluding hydrogens is 302 g/mol. The molecule has 2 aliphatic heterocycles. The van der Waals surface area contributed by atoms with Crippen LogP contribution in [-0.4, -0.2) is 46.0 Å². The number of benzene rings is 1. The summed E-state index contributed by atoms with van der Waals surface area (Å²) in [6.07, 6.45) is 5.62. The van der Waals surface area contributed by atoms with E-state index in [0.717, 1.165) is 37.4 Å². The number of phenols is 1. The first kappa shape index (κ1) is 15.5. The molecule has 1 amide bonds. The Morgan fingerprint density at radius 3 is 2.92 bits per heavy atom. The average Bonchev–Trinajstić information content (AvgIpc) is 3.32. The van der Waals surface area contributed by atoms with Crippen molar-refractivity contribution in [3.8, 4) is 11.8 Å². The highest BCUT2D eigenvalue weighted by Gasteiger charge is 2.44. The summed E-state index contributed by atoms with van der Waals surface area (Å²) in [7, 11) is 0. The van der Waals surface area contributed by atoms with Gasteiger partial charge in [-0.05, 0) is 62.3 Å². The van der Waals surface area contributed by atoms with E-state index in [1.165, 1.54) is 19.3 Å². The van der Waals surface area contributed by atoms with Crippen molar-refractivity contribution < 1.29 is 9.90 Å². The number of piperidine rings is 1. The largest absolute Gasteiger partial charge is 0.507 e. The SMILES string of the molecule is N#Cc1cc(CN2CCC[C@@H]2C(=O)N2CC3CCC2C3)ccc1O. The van der Waals surface area contributed by atoms with Gasteiger partial charge >= 0.3 is 0 Å². The van der Waals surface area contributed by atoms with Crippen molar-refractivity contribution in [2.75, 3.05) is 13.1 Å². The number of rotatable bonds is 3. The number of phenolic OH excluding ortho intramolecular Hbond substituents is 1. The molecule has 0 radical (unpaired) electrons. The van der Waals surface area contributed by atoms with E-state index >= 15 is 0 Å². The third-order valence-corrected chi connectivity index (χ3v) is 5.91. The fraction of sp³-hybridized carbons (Fsp3) is 0.579. The summed E-state index contributed by atoms with van der Waals surface area (Å²) in [5, 5.41) is 18.7. The molecule has 1 aromatic carbocycles. The van der Waals surface area contributed by atoms with Crippen molar-refractivity contribution in [3.05, 3.63) is 29.3 Å². The second-order valence-corrected chi connectivity index (χ2v) is 7.42. The molecule has 3 atom stereocenters. The lowest BCUT2D eigenvalue weighted by atomic mass is 10.1.